The third-order valence-electron chi connectivity index (χ3n) is 1.90. The second-order valence-electron chi connectivity index (χ2n) is 3.16. The van der Waals surface area contributed by atoms with Crippen LogP contribution in [0.2, 0.25) is 0 Å². The summed E-state index contributed by atoms with van der Waals surface area (Å²) in [6, 6.07) is 3.34. The van der Waals surface area contributed by atoms with Crippen LogP contribution in [0.15, 0.2) is 17.0 Å². The third kappa shape index (κ3) is 2.05. The Kier molecular flexibility index (Phi) is 2.82. The van der Waals surface area contributed by atoms with Gasteiger partial charge in [0.1, 0.15) is 10.6 Å². The topological polar surface area (TPSA) is 69.4 Å². The van der Waals surface area contributed by atoms with E-state index in [0.717, 1.165) is 11.1 Å². The zero-order valence-corrected chi connectivity index (χ0v) is 9.18. The molecule has 78 valence electrons. The summed E-state index contributed by atoms with van der Waals surface area (Å²) in [4.78, 5) is 0.0394. The number of rotatable bonds is 2. The molecule has 0 spiro atoms. The lowest BCUT2D eigenvalue weighted by Crippen LogP contribution is -2.14. The summed E-state index contributed by atoms with van der Waals surface area (Å²) < 4.78 is 27.4. The summed E-state index contributed by atoms with van der Waals surface area (Å²) in [5.74, 6) is 0.318. The maximum absolute atomic E-state index is 11.2. The van der Waals surface area contributed by atoms with Gasteiger partial charge in [0.05, 0.1) is 7.11 Å². The number of ether oxygens (including phenoxy) is 1. The van der Waals surface area contributed by atoms with Crippen molar-refractivity contribution in [1.29, 1.82) is 0 Å². The van der Waals surface area contributed by atoms with Gasteiger partial charge in [-0.3, -0.25) is 0 Å². The molecule has 14 heavy (non-hydrogen) atoms. The molecule has 1 aromatic carbocycles. The predicted octanol–water partition coefficient (Wildman–Crippen LogP) is 0.959. The summed E-state index contributed by atoms with van der Waals surface area (Å²) in [5.41, 5.74) is 1.60. The lowest BCUT2D eigenvalue weighted by atomic mass is 10.1. The van der Waals surface area contributed by atoms with Crippen LogP contribution in [0.4, 0.5) is 0 Å². The third-order valence-corrected chi connectivity index (χ3v) is 2.81. The van der Waals surface area contributed by atoms with E-state index in [0.29, 0.717) is 5.75 Å². The second kappa shape index (κ2) is 3.59. The van der Waals surface area contributed by atoms with Crippen molar-refractivity contribution in [3.8, 4) is 5.75 Å². The predicted molar refractivity (Wildman–Crippen MR) is 53.8 cm³/mol. The van der Waals surface area contributed by atoms with Gasteiger partial charge in [0, 0.05) is 0 Å². The number of aryl methyl sites for hydroxylation is 2. The molecule has 0 bridgehead atoms. The molecule has 0 atom stereocenters. The molecule has 0 aliphatic rings. The monoisotopic (exact) mass is 215 g/mol. The standard InChI is InChI=1S/C9H13NO3S/c1-6-4-7(2)9(13-3)8(5-6)14(10,11)12/h4-5H,1-3H3,(H2,10,11,12). The van der Waals surface area contributed by atoms with Gasteiger partial charge in [-0.25, -0.2) is 13.6 Å². The number of benzene rings is 1. The van der Waals surface area contributed by atoms with Crippen LogP contribution in [0.25, 0.3) is 0 Å². The van der Waals surface area contributed by atoms with Crippen molar-refractivity contribution in [1.82, 2.24) is 0 Å². The highest BCUT2D eigenvalue weighted by Crippen LogP contribution is 2.27. The molecule has 0 saturated heterocycles. The van der Waals surface area contributed by atoms with Crippen LogP contribution in [-0.2, 0) is 10.0 Å². The molecule has 0 saturated carbocycles. The van der Waals surface area contributed by atoms with Gasteiger partial charge in [-0.05, 0) is 31.0 Å². The maximum Gasteiger partial charge on any atom is 0.241 e. The Balaban J connectivity index is 3.56. The van der Waals surface area contributed by atoms with Crippen molar-refractivity contribution in [2.45, 2.75) is 18.7 Å². The van der Waals surface area contributed by atoms with Crippen LogP contribution in [0, 0.1) is 13.8 Å². The lowest BCUT2D eigenvalue weighted by molar-refractivity contribution is 0.399. The molecule has 1 aromatic rings. The Labute approximate surface area is 83.7 Å². The van der Waals surface area contributed by atoms with Crippen LogP contribution < -0.4 is 9.88 Å². The van der Waals surface area contributed by atoms with E-state index in [-0.39, 0.29) is 4.90 Å². The molecular weight excluding hydrogens is 202 g/mol. The minimum Gasteiger partial charge on any atom is -0.495 e. The molecule has 1 rings (SSSR count). The normalized spacial score (nSPS) is 11.4. The zero-order valence-electron chi connectivity index (χ0n) is 8.37. The largest absolute Gasteiger partial charge is 0.495 e. The average molecular weight is 215 g/mol. The molecule has 0 aromatic heterocycles. The van der Waals surface area contributed by atoms with Crippen molar-refractivity contribution < 1.29 is 13.2 Å². The van der Waals surface area contributed by atoms with Crippen molar-refractivity contribution in [3.63, 3.8) is 0 Å². The first-order valence-corrected chi connectivity index (χ1v) is 5.59. The molecule has 0 unspecified atom stereocenters. The molecule has 5 heteroatoms. The highest BCUT2D eigenvalue weighted by Gasteiger charge is 2.16. The highest BCUT2D eigenvalue weighted by atomic mass is 32.2. The van der Waals surface area contributed by atoms with Crippen LogP contribution in [0.3, 0.4) is 0 Å². The summed E-state index contributed by atoms with van der Waals surface area (Å²) in [7, 11) is -2.29. The van der Waals surface area contributed by atoms with E-state index in [2.05, 4.69) is 0 Å². The quantitative estimate of drug-likeness (QED) is 0.798. The van der Waals surface area contributed by atoms with E-state index in [1.807, 2.05) is 6.07 Å². The number of hydrogen-bond acceptors (Lipinski definition) is 3. The fourth-order valence-electron chi connectivity index (χ4n) is 1.39. The number of hydrogen-bond donors (Lipinski definition) is 1. The molecule has 0 radical (unpaired) electrons. The van der Waals surface area contributed by atoms with Gasteiger partial charge in [0.15, 0.2) is 0 Å². The van der Waals surface area contributed by atoms with Crippen molar-refractivity contribution in [3.05, 3.63) is 23.3 Å². The SMILES string of the molecule is COc1c(C)cc(C)cc1S(N)(=O)=O. The van der Waals surface area contributed by atoms with E-state index in [1.165, 1.54) is 13.2 Å². The smallest absolute Gasteiger partial charge is 0.241 e. The summed E-state index contributed by atoms with van der Waals surface area (Å²) in [5, 5.41) is 5.06. The van der Waals surface area contributed by atoms with E-state index in [4.69, 9.17) is 9.88 Å². The first kappa shape index (κ1) is 11.0. The Hall–Kier alpha value is -1.07. The van der Waals surface area contributed by atoms with Crippen molar-refractivity contribution in [2.24, 2.45) is 5.14 Å². The lowest BCUT2D eigenvalue weighted by Gasteiger charge is -2.10. The zero-order chi connectivity index (χ0) is 10.9. The average Bonchev–Trinajstić information content (AvgIpc) is 2.01. The van der Waals surface area contributed by atoms with E-state index in [9.17, 15) is 8.42 Å². The van der Waals surface area contributed by atoms with Gasteiger partial charge in [-0.1, -0.05) is 6.07 Å². The first-order chi connectivity index (χ1) is 6.36. The fraction of sp³-hybridized carbons (Fsp3) is 0.333. The van der Waals surface area contributed by atoms with Crippen LogP contribution in [-0.4, -0.2) is 15.5 Å². The van der Waals surface area contributed by atoms with Gasteiger partial charge in [-0.15, -0.1) is 0 Å². The molecule has 0 amide bonds. The Morgan fingerprint density at radius 1 is 1.29 bits per heavy atom. The van der Waals surface area contributed by atoms with Gasteiger partial charge in [0.25, 0.3) is 0 Å². The fourth-order valence-corrected chi connectivity index (χ4v) is 2.24. The highest BCUT2D eigenvalue weighted by molar-refractivity contribution is 7.89. The van der Waals surface area contributed by atoms with Gasteiger partial charge in [0.2, 0.25) is 10.0 Å². The van der Waals surface area contributed by atoms with Crippen LogP contribution in [0.5, 0.6) is 5.75 Å². The van der Waals surface area contributed by atoms with Gasteiger partial charge >= 0.3 is 0 Å². The van der Waals surface area contributed by atoms with Gasteiger partial charge in [-0.2, -0.15) is 0 Å². The summed E-state index contributed by atoms with van der Waals surface area (Å²) in [6.07, 6.45) is 0. The number of nitrogens with two attached hydrogens (primary N) is 1. The van der Waals surface area contributed by atoms with Crippen LogP contribution >= 0.6 is 0 Å². The molecule has 0 fully saturated rings. The molecule has 0 heterocycles. The number of primary sulfonamides is 1. The molecular formula is C9H13NO3S. The Morgan fingerprint density at radius 2 is 1.86 bits per heavy atom. The van der Waals surface area contributed by atoms with E-state index in [1.54, 1.807) is 13.8 Å². The minimum atomic E-state index is -3.72. The van der Waals surface area contributed by atoms with Gasteiger partial charge < -0.3 is 4.74 Å². The van der Waals surface area contributed by atoms with Crippen LogP contribution in [0.1, 0.15) is 11.1 Å². The first-order valence-electron chi connectivity index (χ1n) is 4.04. The minimum absolute atomic E-state index is 0.0394. The summed E-state index contributed by atoms with van der Waals surface area (Å²) in [6.45, 7) is 3.58. The molecule has 2 N–H and O–H groups in total. The van der Waals surface area contributed by atoms with Crippen molar-refractivity contribution >= 4 is 10.0 Å². The molecule has 4 nitrogen and oxygen atoms in total. The van der Waals surface area contributed by atoms with E-state index < -0.39 is 10.0 Å². The second-order valence-corrected chi connectivity index (χ2v) is 4.69. The van der Waals surface area contributed by atoms with Crippen molar-refractivity contribution in [2.75, 3.05) is 7.11 Å². The summed E-state index contributed by atoms with van der Waals surface area (Å²) >= 11 is 0. The Morgan fingerprint density at radius 3 is 2.29 bits per heavy atom. The number of sulfonamides is 1. The number of methoxy groups -OCH3 is 1. The van der Waals surface area contributed by atoms with E-state index >= 15 is 0 Å². The molecule has 0 aliphatic carbocycles. The Bertz CT molecular complexity index is 451. The maximum atomic E-state index is 11.2. The molecule has 0 aliphatic heterocycles.